The molecule has 0 amide bonds. The maximum atomic E-state index is 13.5. The highest BCUT2D eigenvalue weighted by Crippen LogP contribution is 2.35. The summed E-state index contributed by atoms with van der Waals surface area (Å²) in [5, 5.41) is 0. The van der Waals surface area contributed by atoms with Gasteiger partial charge in [0.05, 0.1) is 26.7 Å². The lowest BCUT2D eigenvalue weighted by Gasteiger charge is -2.13. The molecule has 11 nitrogen and oxygen atoms in total. The molecular formula is C50H38O11S3. The predicted octanol–water partition coefficient (Wildman–Crippen LogP) is 11.6. The predicted molar refractivity (Wildman–Crippen MR) is 242 cm³/mol. The molecule has 0 aliphatic rings. The van der Waals surface area contributed by atoms with Gasteiger partial charge >= 0.3 is 0 Å². The van der Waals surface area contributed by atoms with Crippen molar-refractivity contribution in [3.63, 3.8) is 0 Å². The highest BCUT2D eigenvalue weighted by Gasteiger charge is 2.25. The van der Waals surface area contributed by atoms with Crippen LogP contribution in [0.2, 0.25) is 0 Å². The number of sulfone groups is 2. The van der Waals surface area contributed by atoms with Gasteiger partial charge in [0, 0.05) is 0 Å². The average Bonchev–Trinajstić information content (AvgIpc) is 3.30. The Morgan fingerprint density at radius 2 is 0.656 bits per heavy atom. The highest BCUT2D eigenvalue weighted by atomic mass is 32.2. The third-order valence-corrected chi connectivity index (χ3v) is 14.5. The van der Waals surface area contributed by atoms with Gasteiger partial charge in [-0.2, -0.15) is 8.42 Å². The lowest BCUT2D eigenvalue weighted by molar-refractivity contribution is 0.415. The number of rotatable bonds is 14. The number of benzene rings is 8. The Hall–Kier alpha value is -7.23. The molecule has 0 aliphatic carbocycles. The van der Waals surface area contributed by atoms with Crippen molar-refractivity contribution in [1.82, 2.24) is 0 Å². The molecule has 8 aromatic carbocycles. The lowest BCUT2D eigenvalue weighted by Crippen LogP contribution is -2.06. The molecule has 8 aromatic rings. The number of hydrogen-bond acceptors (Lipinski definition) is 10. The van der Waals surface area contributed by atoms with Gasteiger partial charge in [0.2, 0.25) is 19.7 Å². The summed E-state index contributed by atoms with van der Waals surface area (Å²) in [6.07, 6.45) is 0. The van der Waals surface area contributed by atoms with Crippen LogP contribution in [0.1, 0.15) is 5.56 Å². The molecule has 0 saturated carbocycles. The van der Waals surface area contributed by atoms with Crippen molar-refractivity contribution in [3.05, 3.63) is 194 Å². The van der Waals surface area contributed by atoms with Crippen LogP contribution in [-0.4, -0.2) is 36.9 Å². The van der Waals surface area contributed by atoms with Gasteiger partial charge in [-0.25, -0.2) is 16.8 Å². The van der Waals surface area contributed by atoms with Crippen LogP contribution >= 0.6 is 0 Å². The fourth-order valence-electron chi connectivity index (χ4n) is 6.63. The summed E-state index contributed by atoms with van der Waals surface area (Å²) >= 11 is 0. The first-order valence-electron chi connectivity index (χ1n) is 19.5. The van der Waals surface area contributed by atoms with Crippen molar-refractivity contribution in [3.8, 4) is 62.5 Å². The quantitative estimate of drug-likeness (QED) is 0.103. The Morgan fingerprint density at radius 3 is 1.02 bits per heavy atom. The zero-order chi connectivity index (χ0) is 45.1. The van der Waals surface area contributed by atoms with E-state index >= 15 is 0 Å². The van der Waals surface area contributed by atoms with Crippen LogP contribution < -0.4 is 18.9 Å². The van der Waals surface area contributed by atoms with Gasteiger partial charge in [0.1, 0.15) is 45.1 Å². The first-order valence-corrected chi connectivity index (χ1v) is 23.9. The van der Waals surface area contributed by atoms with Crippen LogP contribution in [0, 0.1) is 6.92 Å². The number of methoxy groups -OCH3 is 1. The molecule has 322 valence electrons. The summed E-state index contributed by atoms with van der Waals surface area (Å²) in [5.74, 6) is 2.80. The van der Waals surface area contributed by atoms with Crippen LogP contribution in [0.4, 0.5) is 0 Å². The van der Waals surface area contributed by atoms with Gasteiger partial charge in [-0.15, -0.1) is 0 Å². The van der Waals surface area contributed by atoms with Crippen LogP contribution in [0.15, 0.2) is 213 Å². The fraction of sp³-hybridized carbons (Fsp3) is 0.0400. The number of aryl methyl sites for hydroxylation is 1. The van der Waals surface area contributed by atoms with E-state index in [-0.39, 0.29) is 31.1 Å². The zero-order valence-electron chi connectivity index (χ0n) is 34.2. The van der Waals surface area contributed by atoms with Gasteiger partial charge in [-0.1, -0.05) is 66.2 Å². The molecule has 0 heterocycles. The van der Waals surface area contributed by atoms with E-state index in [9.17, 15) is 29.8 Å². The molecule has 0 unspecified atom stereocenters. The normalized spacial score (nSPS) is 11.7. The van der Waals surface area contributed by atoms with Crippen molar-refractivity contribution in [2.45, 2.75) is 31.4 Å². The molecule has 64 heavy (non-hydrogen) atoms. The molecule has 14 heteroatoms. The minimum Gasteiger partial charge on any atom is -0.497 e. The average molecular weight is 911 g/mol. The first kappa shape index (κ1) is 43.4. The summed E-state index contributed by atoms with van der Waals surface area (Å²) in [6.45, 7) is 1.81. The Bertz CT molecular complexity index is 3260. The maximum absolute atomic E-state index is 13.5. The highest BCUT2D eigenvalue weighted by molar-refractivity contribution is 7.92. The van der Waals surface area contributed by atoms with Gasteiger partial charge in [0.25, 0.3) is 10.1 Å². The smallest absolute Gasteiger partial charge is 0.298 e. The minimum absolute atomic E-state index is 0.0262. The van der Waals surface area contributed by atoms with Crippen molar-refractivity contribution in [2.75, 3.05) is 7.11 Å². The second kappa shape index (κ2) is 17.9. The molecule has 0 bridgehead atoms. The molecule has 0 aliphatic heterocycles. The molecule has 0 radical (unpaired) electrons. The standard InChI is InChI=1S/C50H38O11S3/c1-34-3-25-45(26-4-34)63(53,54)48-31-32-49(50(33-48)64(55,56)57)61-44-19-11-38(12-20-44)37-9-17-41(18-10-37)60-43-23-29-47(30-24-43)62(51,52)46-27-21-42(22-28-46)59-40-15-7-36(8-16-40)35-5-13-39(58-2)14-6-35/h3-33H,1-2H3,(H,55,56,57). The second-order valence-corrected chi connectivity index (χ2v) is 19.7. The van der Waals surface area contributed by atoms with Crippen LogP contribution in [0.25, 0.3) is 22.3 Å². The van der Waals surface area contributed by atoms with E-state index in [2.05, 4.69) is 0 Å². The topological polar surface area (TPSA) is 160 Å². The number of hydrogen-bond donors (Lipinski definition) is 1. The van der Waals surface area contributed by atoms with E-state index in [1.165, 1.54) is 48.5 Å². The SMILES string of the molecule is COc1ccc(-c2ccc(Oc3ccc(S(=O)(=O)c4ccc(Oc5ccc(-c6ccc(Oc7ccc(S(=O)(=O)c8ccc(C)cc8)cc7S(=O)(=O)O)cc6)cc5)cc4)cc3)cc2)cc1. The largest absolute Gasteiger partial charge is 0.497 e. The summed E-state index contributed by atoms with van der Waals surface area (Å²) in [6, 6.07) is 51.0. The van der Waals surface area contributed by atoms with Gasteiger partial charge in [0.15, 0.2) is 0 Å². The van der Waals surface area contributed by atoms with Crippen LogP contribution in [0.3, 0.4) is 0 Å². The molecule has 0 fully saturated rings. The fourth-order valence-corrected chi connectivity index (χ4v) is 9.90. The van der Waals surface area contributed by atoms with Crippen molar-refractivity contribution >= 4 is 29.8 Å². The van der Waals surface area contributed by atoms with Crippen molar-refractivity contribution in [1.29, 1.82) is 0 Å². The summed E-state index contributed by atoms with van der Waals surface area (Å²) in [5.41, 5.74) is 4.52. The van der Waals surface area contributed by atoms with E-state index in [0.29, 0.717) is 23.0 Å². The molecule has 1 N–H and O–H groups in total. The van der Waals surface area contributed by atoms with Crippen LogP contribution in [-0.2, 0) is 29.8 Å². The van der Waals surface area contributed by atoms with Crippen molar-refractivity contribution in [2.24, 2.45) is 0 Å². The molecule has 0 saturated heterocycles. The van der Waals surface area contributed by atoms with E-state index < -0.39 is 34.7 Å². The third-order valence-electron chi connectivity index (χ3n) is 10.1. The van der Waals surface area contributed by atoms with E-state index in [1.807, 2.05) is 67.6 Å². The van der Waals surface area contributed by atoms with E-state index in [4.69, 9.17) is 18.9 Å². The van der Waals surface area contributed by atoms with Gasteiger partial charge in [-0.3, -0.25) is 4.55 Å². The molecule has 8 rings (SSSR count). The van der Waals surface area contributed by atoms with E-state index in [1.54, 1.807) is 79.9 Å². The summed E-state index contributed by atoms with van der Waals surface area (Å²) in [7, 11) is -11.2. The monoisotopic (exact) mass is 910 g/mol. The minimum atomic E-state index is -4.88. The number of ether oxygens (including phenoxy) is 4. The van der Waals surface area contributed by atoms with Crippen molar-refractivity contribution < 1.29 is 48.8 Å². The van der Waals surface area contributed by atoms with Crippen LogP contribution in [0.5, 0.6) is 40.2 Å². The Balaban J connectivity index is 0.877. The molecule has 0 spiro atoms. The Labute approximate surface area is 371 Å². The van der Waals surface area contributed by atoms with Gasteiger partial charge < -0.3 is 18.9 Å². The molecule has 0 atom stereocenters. The molecular weight excluding hydrogens is 873 g/mol. The first-order chi connectivity index (χ1) is 30.6. The van der Waals surface area contributed by atoms with Gasteiger partial charge in [-0.05, 0) is 157 Å². The lowest BCUT2D eigenvalue weighted by atomic mass is 10.1. The summed E-state index contributed by atoms with van der Waals surface area (Å²) in [4.78, 5) is -0.830. The molecule has 0 aromatic heterocycles. The Kier molecular flexibility index (Phi) is 12.1. The Morgan fingerprint density at radius 1 is 0.359 bits per heavy atom. The zero-order valence-corrected chi connectivity index (χ0v) is 36.6. The maximum Gasteiger partial charge on any atom is 0.298 e. The van der Waals surface area contributed by atoms with E-state index in [0.717, 1.165) is 39.6 Å². The summed E-state index contributed by atoms with van der Waals surface area (Å²) < 4.78 is 111. The third kappa shape index (κ3) is 9.70. The second-order valence-electron chi connectivity index (χ2n) is 14.5.